The van der Waals surface area contributed by atoms with Crippen LogP contribution in [-0.2, 0) is 0 Å². The van der Waals surface area contributed by atoms with Gasteiger partial charge in [-0.3, -0.25) is 4.79 Å². The van der Waals surface area contributed by atoms with Gasteiger partial charge in [0.1, 0.15) is 17.7 Å². The molecule has 2 N–H and O–H groups in total. The van der Waals surface area contributed by atoms with Gasteiger partial charge in [0.05, 0.1) is 6.20 Å². The van der Waals surface area contributed by atoms with Gasteiger partial charge >= 0.3 is 0 Å². The van der Waals surface area contributed by atoms with Crippen LogP contribution in [0.4, 0.5) is 5.69 Å². The Morgan fingerprint density at radius 2 is 2.31 bits per heavy atom. The molecule has 0 saturated carbocycles. The lowest BCUT2D eigenvalue weighted by atomic mass is 10.1. The number of aryl methyl sites for hydroxylation is 1. The van der Waals surface area contributed by atoms with Crippen LogP contribution in [0.1, 0.15) is 15.9 Å². The number of amides is 1. The minimum Gasteiger partial charge on any atom is -0.508 e. The summed E-state index contributed by atoms with van der Waals surface area (Å²) < 4.78 is 4.58. The van der Waals surface area contributed by atoms with Gasteiger partial charge in [-0.1, -0.05) is 11.2 Å². The summed E-state index contributed by atoms with van der Waals surface area (Å²) in [4.78, 5) is 11.7. The molecule has 0 saturated heterocycles. The summed E-state index contributed by atoms with van der Waals surface area (Å²) in [6, 6.07) is 4.73. The number of carbonyl (C=O) groups is 1. The van der Waals surface area contributed by atoms with Crippen molar-refractivity contribution in [3.63, 3.8) is 0 Å². The van der Waals surface area contributed by atoms with Crippen molar-refractivity contribution < 1.29 is 14.4 Å². The number of aromatic nitrogens is 1. The molecule has 16 heavy (non-hydrogen) atoms. The number of hydrogen-bond donors (Lipinski definition) is 2. The van der Waals surface area contributed by atoms with E-state index in [0.29, 0.717) is 11.3 Å². The average Bonchev–Trinajstić information content (AvgIpc) is 2.74. The molecule has 0 atom stereocenters. The first kappa shape index (κ1) is 10.2. The largest absolute Gasteiger partial charge is 0.508 e. The molecule has 1 aromatic heterocycles. The van der Waals surface area contributed by atoms with Crippen molar-refractivity contribution in [1.29, 1.82) is 0 Å². The van der Waals surface area contributed by atoms with Gasteiger partial charge in [0, 0.05) is 5.56 Å². The Kier molecular flexibility index (Phi) is 2.59. The third kappa shape index (κ3) is 2.03. The fourth-order valence-electron chi connectivity index (χ4n) is 1.22. The predicted octanol–water partition coefficient (Wildman–Crippen LogP) is 1.94. The normalized spacial score (nSPS) is 10.1. The van der Waals surface area contributed by atoms with Gasteiger partial charge in [-0.05, 0) is 24.6 Å². The molecular formula is C11H10N2O3. The van der Waals surface area contributed by atoms with E-state index in [1.54, 1.807) is 19.1 Å². The highest BCUT2D eigenvalue weighted by Gasteiger charge is 2.08. The number of carbonyl (C=O) groups excluding carboxylic acids is 1. The zero-order valence-electron chi connectivity index (χ0n) is 8.60. The van der Waals surface area contributed by atoms with Crippen LogP contribution in [0.15, 0.2) is 35.2 Å². The van der Waals surface area contributed by atoms with Crippen LogP contribution in [-0.4, -0.2) is 16.2 Å². The van der Waals surface area contributed by atoms with Gasteiger partial charge in [-0.15, -0.1) is 0 Å². The summed E-state index contributed by atoms with van der Waals surface area (Å²) in [6.45, 7) is 1.76. The van der Waals surface area contributed by atoms with Crippen LogP contribution in [0.2, 0.25) is 0 Å². The molecular weight excluding hydrogens is 208 g/mol. The number of nitrogens with one attached hydrogen (secondary N) is 1. The average molecular weight is 218 g/mol. The summed E-state index contributed by atoms with van der Waals surface area (Å²) in [5, 5.41) is 15.5. The van der Waals surface area contributed by atoms with Crippen molar-refractivity contribution >= 4 is 11.6 Å². The number of anilines is 1. The first-order chi connectivity index (χ1) is 7.66. The molecule has 0 spiro atoms. The Hall–Kier alpha value is -2.30. The second-order valence-corrected chi connectivity index (χ2v) is 3.37. The quantitative estimate of drug-likeness (QED) is 0.807. The van der Waals surface area contributed by atoms with E-state index in [-0.39, 0.29) is 11.7 Å². The van der Waals surface area contributed by atoms with Crippen molar-refractivity contribution in [1.82, 2.24) is 5.16 Å². The van der Waals surface area contributed by atoms with Crippen LogP contribution in [0.25, 0.3) is 0 Å². The van der Waals surface area contributed by atoms with E-state index in [1.165, 1.54) is 18.5 Å². The lowest BCUT2D eigenvalue weighted by molar-refractivity contribution is 0.102. The highest BCUT2D eigenvalue weighted by Crippen LogP contribution is 2.18. The molecule has 0 aliphatic heterocycles. The molecule has 1 heterocycles. The standard InChI is InChI=1S/C11H10N2O3/c1-7-2-3-8(4-10(7)14)11(15)13-9-5-12-16-6-9/h2-6,14H,1H3,(H,13,15). The summed E-state index contributed by atoms with van der Waals surface area (Å²) in [7, 11) is 0. The van der Waals surface area contributed by atoms with E-state index in [2.05, 4.69) is 15.0 Å². The number of benzene rings is 1. The first-order valence-corrected chi connectivity index (χ1v) is 4.67. The van der Waals surface area contributed by atoms with E-state index >= 15 is 0 Å². The van der Waals surface area contributed by atoms with E-state index in [4.69, 9.17) is 0 Å². The Balaban J connectivity index is 2.18. The van der Waals surface area contributed by atoms with Gasteiger partial charge in [0.2, 0.25) is 0 Å². The van der Waals surface area contributed by atoms with Crippen molar-refractivity contribution in [2.75, 3.05) is 5.32 Å². The van der Waals surface area contributed by atoms with Gasteiger partial charge in [0.25, 0.3) is 5.91 Å². The summed E-state index contributed by atoms with van der Waals surface area (Å²) >= 11 is 0. The maximum absolute atomic E-state index is 11.7. The van der Waals surface area contributed by atoms with E-state index in [1.807, 2.05) is 0 Å². The molecule has 2 rings (SSSR count). The lowest BCUT2D eigenvalue weighted by Gasteiger charge is -2.03. The second-order valence-electron chi connectivity index (χ2n) is 3.37. The second kappa shape index (κ2) is 4.06. The number of phenolic OH excluding ortho intramolecular Hbond substituents is 1. The number of hydrogen-bond acceptors (Lipinski definition) is 4. The Morgan fingerprint density at radius 3 is 2.94 bits per heavy atom. The van der Waals surface area contributed by atoms with Crippen LogP contribution < -0.4 is 5.32 Å². The van der Waals surface area contributed by atoms with Gasteiger partial charge in [0.15, 0.2) is 0 Å². The Labute approximate surface area is 91.7 Å². The summed E-state index contributed by atoms with van der Waals surface area (Å²) in [5.41, 5.74) is 1.58. The van der Waals surface area contributed by atoms with E-state index < -0.39 is 0 Å². The molecule has 0 fully saturated rings. The molecule has 0 bridgehead atoms. The third-order valence-electron chi connectivity index (χ3n) is 2.16. The zero-order chi connectivity index (χ0) is 11.5. The highest BCUT2D eigenvalue weighted by atomic mass is 16.5. The number of aromatic hydroxyl groups is 1. The predicted molar refractivity (Wildman–Crippen MR) is 57.3 cm³/mol. The maximum atomic E-state index is 11.7. The van der Waals surface area contributed by atoms with Crippen LogP contribution in [0, 0.1) is 6.92 Å². The minimum atomic E-state index is -0.321. The smallest absolute Gasteiger partial charge is 0.255 e. The summed E-state index contributed by atoms with van der Waals surface area (Å²) in [5.74, 6) is -0.225. The van der Waals surface area contributed by atoms with E-state index in [9.17, 15) is 9.90 Å². The molecule has 0 unspecified atom stereocenters. The number of nitrogens with zero attached hydrogens (tertiary/aromatic N) is 1. The van der Waals surface area contributed by atoms with E-state index in [0.717, 1.165) is 5.56 Å². The fourth-order valence-corrected chi connectivity index (χ4v) is 1.22. The number of rotatable bonds is 2. The molecule has 2 aromatic rings. The third-order valence-corrected chi connectivity index (χ3v) is 2.16. The monoisotopic (exact) mass is 218 g/mol. The topological polar surface area (TPSA) is 75.4 Å². The van der Waals surface area contributed by atoms with Gasteiger partial charge in [-0.2, -0.15) is 0 Å². The zero-order valence-corrected chi connectivity index (χ0v) is 8.60. The van der Waals surface area contributed by atoms with Gasteiger partial charge < -0.3 is 14.9 Å². The molecule has 82 valence electrons. The van der Waals surface area contributed by atoms with Crippen molar-refractivity contribution in [3.05, 3.63) is 41.8 Å². The SMILES string of the molecule is Cc1ccc(C(=O)Nc2cnoc2)cc1O. The Bertz CT molecular complexity index is 506. The number of phenols is 1. The summed E-state index contributed by atoms with van der Waals surface area (Å²) in [6.07, 6.45) is 2.72. The van der Waals surface area contributed by atoms with Crippen molar-refractivity contribution in [3.8, 4) is 5.75 Å². The molecule has 5 heteroatoms. The van der Waals surface area contributed by atoms with Crippen molar-refractivity contribution in [2.45, 2.75) is 6.92 Å². The fraction of sp³-hybridized carbons (Fsp3) is 0.0909. The van der Waals surface area contributed by atoms with Crippen molar-refractivity contribution in [2.24, 2.45) is 0 Å². The molecule has 0 aliphatic rings. The molecule has 1 amide bonds. The maximum Gasteiger partial charge on any atom is 0.255 e. The van der Waals surface area contributed by atoms with Gasteiger partial charge in [-0.25, -0.2) is 0 Å². The first-order valence-electron chi connectivity index (χ1n) is 4.67. The van der Waals surface area contributed by atoms with Crippen LogP contribution in [0.5, 0.6) is 5.75 Å². The lowest BCUT2D eigenvalue weighted by Crippen LogP contribution is -2.11. The molecule has 5 nitrogen and oxygen atoms in total. The molecule has 0 aliphatic carbocycles. The molecule has 1 aromatic carbocycles. The van der Waals surface area contributed by atoms with Crippen LogP contribution >= 0.6 is 0 Å². The Morgan fingerprint density at radius 1 is 1.50 bits per heavy atom. The molecule has 0 radical (unpaired) electrons. The highest BCUT2D eigenvalue weighted by molar-refractivity contribution is 6.04. The minimum absolute atomic E-state index is 0.0953. The van der Waals surface area contributed by atoms with Crippen LogP contribution in [0.3, 0.4) is 0 Å².